The Morgan fingerprint density at radius 3 is 2.74 bits per heavy atom. The van der Waals surface area contributed by atoms with Crippen LogP contribution in [0.15, 0.2) is 57.8 Å². The van der Waals surface area contributed by atoms with Crippen molar-refractivity contribution < 1.29 is 13.2 Å². The molecule has 31 heavy (non-hydrogen) atoms. The molecule has 1 fully saturated rings. The van der Waals surface area contributed by atoms with Crippen LogP contribution in [-0.4, -0.2) is 54.6 Å². The summed E-state index contributed by atoms with van der Waals surface area (Å²) >= 11 is 1.59. The highest BCUT2D eigenvalue weighted by Crippen LogP contribution is 2.33. The van der Waals surface area contributed by atoms with Crippen LogP contribution in [0, 0.1) is 0 Å². The Morgan fingerprint density at radius 1 is 1.19 bits per heavy atom. The van der Waals surface area contributed by atoms with Crippen molar-refractivity contribution in [3.63, 3.8) is 0 Å². The molecule has 160 valence electrons. The minimum absolute atomic E-state index is 0.0475. The van der Waals surface area contributed by atoms with Gasteiger partial charge in [0.2, 0.25) is 5.91 Å². The van der Waals surface area contributed by atoms with E-state index in [1.54, 1.807) is 47.5 Å². The SMILES string of the molecule is CC(c1nc2ccccc2s1)N(C)C(=O)[C@@H]1CCCN1C1=NS(=O)(=O)c2ccccc21. The molecule has 9 heteroatoms. The summed E-state index contributed by atoms with van der Waals surface area (Å²) in [5.41, 5.74) is 1.50. The number of nitrogens with zero attached hydrogens (tertiary/aromatic N) is 4. The molecule has 0 radical (unpaired) electrons. The molecule has 1 amide bonds. The Morgan fingerprint density at radius 2 is 1.94 bits per heavy atom. The zero-order valence-electron chi connectivity index (χ0n) is 17.2. The van der Waals surface area contributed by atoms with Crippen molar-refractivity contribution >= 4 is 43.3 Å². The van der Waals surface area contributed by atoms with Crippen LogP contribution >= 0.6 is 11.3 Å². The lowest BCUT2D eigenvalue weighted by Gasteiger charge is -2.31. The molecule has 1 unspecified atom stereocenters. The van der Waals surface area contributed by atoms with E-state index in [2.05, 4.69) is 4.40 Å². The molecule has 1 saturated heterocycles. The molecule has 0 N–H and O–H groups in total. The summed E-state index contributed by atoms with van der Waals surface area (Å²) in [5.74, 6) is 0.334. The molecule has 5 rings (SSSR count). The van der Waals surface area contributed by atoms with E-state index in [9.17, 15) is 13.2 Å². The Hall–Kier alpha value is -2.78. The van der Waals surface area contributed by atoms with Crippen LogP contribution in [0.2, 0.25) is 0 Å². The van der Waals surface area contributed by atoms with Gasteiger partial charge in [-0.2, -0.15) is 8.42 Å². The smallest absolute Gasteiger partial charge is 0.285 e. The standard InChI is InChI=1S/C22H22N4O3S2/c1-14(21-23-16-9-4-5-11-18(16)30-21)25(2)22(27)17-10-7-13-26(17)20-15-8-3-6-12-19(15)31(28,29)24-20/h3-6,8-9,11-12,14,17H,7,10,13H2,1-2H3/t14?,17-/m0/s1. The summed E-state index contributed by atoms with van der Waals surface area (Å²) in [6.45, 7) is 2.57. The lowest BCUT2D eigenvalue weighted by atomic mass is 10.1. The van der Waals surface area contributed by atoms with Gasteiger partial charge in [0.05, 0.1) is 16.3 Å². The van der Waals surface area contributed by atoms with Crippen LogP contribution in [-0.2, 0) is 14.8 Å². The summed E-state index contributed by atoms with van der Waals surface area (Å²) in [5, 5.41) is 0.882. The van der Waals surface area contributed by atoms with Gasteiger partial charge in [-0.1, -0.05) is 24.3 Å². The average Bonchev–Trinajstić information content (AvgIpc) is 3.48. The number of para-hydroxylation sites is 1. The van der Waals surface area contributed by atoms with Crippen molar-refractivity contribution in [2.24, 2.45) is 4.40 Å². The normalized spacial score (nSPS) is 20.5. The Labute approximate surface area is 185 Å². The molecule has 1 aromatic heterocycles. The van der Waals surface area contributed by atoms with Crippen LogP contribution < -0.4 is 0 Å². The predicted octanol–water partition coefficient (Wildman–Crippen LogP) is 3.43. The second-order valence-electron chi connectivity index (χ2n) is 7.88. The van der Waals surface area contributed by atoms with E-state index in [1.165, 1.54) is 0 Å². The molecule has 2 aromatic carbocycles. The van der Waals surface area contributed by atoms with Crippen molar-refractivity contribution in [2.75, 3.05) is 13.6 Å². The maximum absolute atomic E-state index is 13.5. The lowest BCUT2D eigenvalue weighted by Crippen LogP contribution is -2.47. The van der Waals surface area contributed by atoms with Gasteiger partial charge in [-0.15, -0.1) is 15.7 Å². The molecular formula is C22H22N4O3S2. The third-order valence-electron chi connectivity index (χ3n) is 6.02. The first-order valence-corrected chi connectivity index (χ1v) is 12.5. The number of sulfonamides is 1. The average molecular weight is 455 g/mol. The highest BCUT2D eigenvalue weighted by molar-refractivity contribution is 7.90. The van der Waals surface area contributed by atoms with Gasteiger partial charge >= 0.3 is 0 Å². The number of thiazole rings is 1. The minimum atomic E-state index is -3.72. The number of likely N-dealkylation sites (tertiary alicyclic amines) is 1. The molecule has 0 aliphatic carbocycles. The van der Waals surface area contributed by atoms with E-state index in [-0.39, 0.29) is 16.8 Å². The molecule has 2 aliphatic heterocycles. The fraction of sp³-hybridized carbons (Fsp3) is 0.318. The van der Waals surface area contributed by atoms with Crippen molar-refractivity contribution in [3.05, 3.63) is 59.1 Å². The van der Waals surface area contributed by atoms with Crippen molar-refractivity contribution in [1.82, 2.24) is 14.8 Å². The molecule has 0 bridgehead atoms. The quantitative estimate of drug-likeness (QED) is 0.606. The van der Waals surface area contributed by atoms with Gasteiger partial charge in [-0.3, -0.25) is 4.79 Å². The number of carbonyl (C=O) groups excluding carboxylic acids is 1. The molecule has 2 atom stereocenters. The summed E-state index contributed by atoms with van der Waals surface area (Å²) in [4.78, 5) is 21.9. The van der Waals surface area contributed by atoms with E-state index in [1.807, 2.05) is 36.1 Å². The van der Waals surface area contributed by atoms with Crippen LogP contribution in [0.25, 0.3) is 10.2 Å². The van der Waals surface area contributed by atoms with E-state index in [0.717, 1.165) is 21.6 Å². The highest BCUT2D eigenvalue weighted by atomic mass is 32.2. The van der Waals surface area contributed by atoms with Crippen molar-refractivity contribution in [3.8, 4) is 0 Å². The van der Waals surface area contributed by atoms with Gasteiger partial charge in [0.25, 0.3) is 10.0 Å². The molecule has 3 heterocycles. The van der Waals surface area contributed by atoms with Gasteiger partial charge in [-0.05, 0) is 44.0 Å². The van der Waals surface area contributed by atoms with E-state index in [0.29, 0.717) is 24.4 Å². The summed E-state index contributed by atoms with van der Waals surface area (Å²) in [7, 11) is -1.93. The number of benzene rings is 2. The van der Waals surface area contributed by atoms with Gasteiger partial charge in [0.15, 0.2) is 5.84 Å². The van der Waals surface area contributed by atoms with Crippen molar-refractivity contribution in [2.45, 2.75) is 36.7 Å². The Bertz CT molecular complexity index is 1280. The van der Waals surface area contributed by atoms with Crippen LogP contribution in [0.1, 0.15) is 36.4 Å². The Kier molecular flexibility index (Phi) is 4.82. The number of amides is 1. The predicted molar refractivity (Wildman–Crippen MR) is 121 cm³/mol. The Balaban J connectivity index is 1.42. The number of aromatic nitrogens is 1. The van der Waals surface area contributed by atoms with Gasteiger partial charge in [0.1, 0.15) is 15.9 Å². The topological polar surface area (TPSA) is 82.9 Å². The number of fused-ring (bicyclic) bond motifs is 2. The highest BCUT2D eigenvalue weighted by Gasteiger charge is 2.40. The zero-order chi connectivity index (χ0) is 21.8. The van der Waals surface area contributed by atoms with Gasteiger partial charge in [0, 0.05) is 19.2 Å². The van der Waals surface area contributed by atoms with Gasteiger partial charge < -0.3 is 9.80 Å². The third-order valence-corrected chi connectivity index (χ3v) is 8.55. The fourth-order valence-electron chi connectivity index (χ4n) is 4.23. The molecule has 0 spiro atoms. The largest absolute Gasteiger partial charge is 0.343 e. The second kappa shape index (κ2) is 7.42. The summed E-state index contributed by atoms with van der Waals surface area (Å²) in [6, 6.07) is 14.1. The van der Waals surface area contributed by atoms with E-state index >= 15 is 0 Å². The van der Waals surface area contributed by atoms with E-state index < -0.39 is 16.1 Å². The summed E-state index contributed by atoms with van der Waals surface area (Å²) < 4.78 is 30.1. The maximum atomic E-state index is 13.5. The molecule has 3 aromatic rings. The van der Waals surface area contributed by atoms with Crippen LogP contribution in [0.3, 0.4) is 0 Å². The third kappa shape index (κ3) is 3.32. The van der Waals surface area contributed by atoms with Crippen LogP contribution in [0.4, 0.5) is 0 Å². The number of hydrogen-bond donors (Lipinski definition) is 0. The number of amidine groups is 1. The maximum Gasteiger partial charge on any atom is 0.285 e. The molecule has 0 saturated carbocycles. The summed E-state index contributed by atoms with van der Waals surface area (Å²) in [6.07, 6.45) is 1.47. The number of carbonyl (C=O) groups is 1. The molecule has 7 nitrogen and oxygen atoms in total. The van der Waals surface area contributed by atoms with Gasteiger partial charge in [-0.25, -0.2) is 4.98 Å². The second-order valence-corrected chi connectivity index (χ2v) is 10.5. The lowest BCUT2D eigenvalue weighted by molar-refractivity contribution is -0.135. The number of likely N-dealkylation sites (N-methyl/N-ethyl adjacent to an activating group) is 1. The van der Waals surface area contributed by atoms with Crippen molar-refractivity contribution in [1.29, 1.82) is 0 Å². The minimum Gasteiger partial charge on any atom is -0.343 e. The van der Waals surface area contributed by atoms with Crippen LogP contribution in [0.5, 0.6) is 0 Å². The monoisotopic (exact) mass is 454 g/mol. The zero-order valence-corrected chi connectivity index (χ0v) is 18.9. The number of hydrogen-bond acceptors (Lipinski definition) is 6. The first-order chi connectivity index (χ1) is 14.9. The first-order valence-electron chi connectivity index (χ1n) is 10.2. The molecular weight excluding hydrogens is 432 g/mol. The first kappa shape index (κ1) is 20.1. The van der Waals surface area contributed by atoms with E-state index in [4.69, 9.17) is 4.98 Å². The fourth-order valence-corrected chi connectivity index (χ4v) is 6.51. The molecule has 2 aliphatic rings. The number of rotatable bonds is 3.